The zero-order valence-corrected chi connectivity index (χ0v) is 20.8. The fourth-order valence-corrected chi connectivity index (χ4v) is 3.96. The summed E-state index contributed by atoms with van der Waals surface area (Å²) in [5.41, 5.74) is 0. The Morgan fingerprint density at radius 2 is 0.741 bits per heavy atom. The molecule has 0 spiro atoms. The third-order valence-electron chi connectivity index (χ3n) is 4.89. The Bertz CT molecular complexity index is 325. The van der Waals surface area contributed by atoms with E-state index in [9.17, 15) is 0 Å². The molecule has 0 unspecified atom stereocenters. The molecule has 0 rings (SSSR count). The van der Waals surface area contributed by atoms with E-state index in [1.165, 1.54) is 0 Å². The summed E-state index contributed by atoms with van der Waals surface area (Å²) >= 11 is 0. The lowest BCUT2D eigenvalue weighted by atomic mass is 10.1. The van der Waals surface area contributed by atoms with Crippen molar-refractivity contribution >= 4 is 0 Å². The molecule has 5 heteroatoms. The predicted octanol–water partition coefficient (Wildman–Crippen LogP) is 4.59. The van der Waals surface area contributed by atoms with Crippen LogP contribution in [-0.4, -0.2) is 78.3 Å². The quantitative estimate of drug-likeness (QED) is 0.320. The van der Waals surface area contributed by atoms with Crippen LogP contribution in [0.15, 0.2) is 0 Å². The van der Waals surface area contributed by atoms with Gasteiger partial charge in [0, 0.05) is 14.1 Å². The van der Waals surface area contributed by atoms with Gasteiger partial charge in [0.1, 0.15) is 0 Å². The average Bonchev–Trinajstić information content (AvgIpc) is 2.52. The van der Waals surface area contributed by atoms with Gasteiger partial charge in [-0.05, 0) is 42.4 Å². The van der Waals surface area contributed by atoms with Crippen molar-refractivity contribution in [1.82, 2.24) is 20.0 Å². The minimum atomic E-state index is 0.622. The molecule has 0 aliphatic carbocycles. The van der Waals surface area contributed by atoms with E-state index in [-0.39, 0.29) is 0 Å². The molecule has 0 aromatic carbocycles. The molecule has 0 N–H and O–H groups in total. The average molecular weight is 387 g/mol. The minimum Gasteiger partial charge on any atom is -0.0991 e. The molecule has 0 aliphatic rings. The Hall–Kier alpha value is -0.200. The second-order valence-electron chi connectivity index (χ2n) is 9.80. The molecule has 0 saturated carbocycles. The van der Waals surface area contributed by atoms with Crippen LogP contribution >= 0.6 is 0 Å². The lowest BCUT2D eigenvalue weighted by Gasteiger charge is -2.57. The van der Waals surface area contributed by atoms with Crippen LogP contribution in [0.4, 0.5) is 0 Å². The topological polar surface area (TPSA) is 13.0 Å². The summed E-state index contributed by atoms with van der Waals surface area (Å²) in [6, 6.07) is 0. The first-order chi connectivity index (χ1) is 12.4. The molecular weight excluding hydrogens is 334 g/mol. The Morgan fingerprint density at radius 3 is 0.889 bits per heavy atom. The fraction of sp³-hybridized carbons (Fsp3) is 1.00. The predicted molar refractivity (Wildman–Crippen MR) is 119 cm³/mol. The second-order valence-corrected chi connectivity index (χ2v) is 9.80. The highest BCUT2D eigenvalue weighted by molar-refractivity contribution is 4.59. The van der Waals surface area contributed by atoms with Gasteiger partial charge in [0.05, 0.1) is 39.3 Å². The van der Waals surface area contributed by atoms with Gasteiger partial charge in [0.15, 0.2) is 0 Å². The summed E-state index contributed by atoms with van der Waals surface area (Å²) in [6.45, 7) is 29.6. The maximum Gasteiger partial charge on any atom is 0.0562 e. The molecule has 0 saturated heterocycles. The molecule has 0 aliphatic heterocycles. The van der Waals surface area contributed by atoms with E-state index >= 15 is 0 Å². The van der Waals surface area contributed by atoms with Crippen molar-refractivity contribution in [2.75, 3.05) is 53.4 Å². The summed E-state index contributed by atoms with van der Waals surface area (Å²) in [4.78, 5) is 0.708. The first kappa shape index (κ1) is 26.8. The second kappa shape index (κ2) is 12.4. The molecule has 5 nitrogen and oxygen atoms in total. The van der Waals surface area contributed by atoms with E-state index in [2.05, 4.69) is 103 Å². The van der Waals surface area contributed by atoms with Gasteiger partial charge in [-0.15, -0.1) is 0 Å². The third-order valence-corrected chi connectivity index (χ3v) is 4.89. The molecule has 0 amide bonds. The maximum absolute atomic E-state index is 2.70. The summed E-state index contributed by atoms with van der Waals surface area (Å²) in [5, 5.41) is 10.4. The van der Waals surface area contributed by atoms with Crippen LogP contribution in [0.5, 0.6) is 0 Å². The van der Waals surface area contributed by atoms with E-state index < -0.39 is 0 Å². The Balaban J connectivity index is 6.55. The number of rotatable bonds is 14. The molecule has 164 valence electrons. The maximum atomic E-state index is 2.70. The Morgan fingerprint density at radius 1 is 0.519 bits per heavy atom. The van der Waals surface area contributed by atoms with Crippen molar-refractivity contribution in [3.8, 4) is 0 Å². The summed E-state index contributed by atoms with van der Waals surface area (Å²) < 4.78 is 0. The molecule has 27 heavy (non-hydrogen) atoms. The summed E-state index contributed by atoms with van der Waals surface area (Å²) in [7, 11) is 4.57. The molecule has 0 radical (unpaired) electrons. The van der Waals surface area contributed by atoms with Crippen molar-refractivity contribution in [1.29, 1.82) is 0 Å². The van der Waals surface area contributed by atoms with Gasteiger partial charge in [-0.1, -0.05) is 75.4 Å². The van der Waals surface area contributed by atoms with E-state index in [4.69, 9.17) is 0 Å². The molecule has 0 atom stereocenters. The van der Waals surface area contributed by atoms with Gasteiger partial charge in [0.2, 0.25) is 0 Å². The zero-order chi connectivity index (χ0) is 21.4. The number of quaternary nitrogens is 1. The largest absolute Gasteiger partial charge is 0.0991 e. The van der Waals surface area contributed by atoms with Crippen molar-refractivity contribution in [3.63, 3.8) is 0 Å². The lowest BCUT2D eigenvalue weighted by molar-refractivity contribution is -1.28. The number of nitrogens with zero attached hydrogens (tertiary/aromatic N) is 5. The Kier molecular flexibility index (Phi) is 12.3. The molecule has 0 aromatic rings. The van der Waals surface area contributed by atoms with E-state index in [1.54, 1.807) is 0 Å². The van der Waals surface area contributed by atoms with Crippen LogP contribution in [-0.2, 0) is 0 Å². The van der Waals surface area contributed by atoms with Crippen molar-refractivity contribution in [2.24, 2.45) is 23.7 Å². The van der Waals surface area contributed by atoms with Crippen LogP contribution in [0.1, 0.15) is 69.2 Å². The zero-order valence-electron chi connectivity index (χ0n) is 20.8. The first-order valence-corrected chi connectivity index (χ1v) is 11.3. The van der Waals surface area contributed by atoms with E-state index in [0.717, 1.165) is 39.3 Å². The van der Waals surface area contributed by atoms with Crippen LogP contribution in [0.3, 0.4) is 0 Å². The SMILES string of the molecule is CCN(C)[N+](N(C)CC)(N(CC(C)C)CC(C)C)N(CC(C)C)CC(C)C. The smallest absolute Gasteiger partial charge is 0.0562 e. The number of hydrogen-bond donors (Lipinski definition) is 0. The fourth-order valence-electron chi connectivity index (χ4n) is 3.96. The molecule has 0 fully saturated rings. The third kappa shape index (κ3) is 7.62. The van der Waals surface area contributed by atoms with Crippen molar-refractivity contribution in [3.05, 3.63) is 0 Å². The van der Waals surface area contributed by atoms with Gasteiger partial charge in [-0.2, -0.15) is 0 Å². The van der Waals surface area contributed by atoms with Gasteiger partial charge < -0.3 is 0 Å². The molecule has 0 aromatic heterocycles. The van der Waals surface area contributed by atoms with Crippen LogP contribution in [0, 0.1) is 23.7 Å². The highest BCUT2D eigenvalue weighted by atomic mass is 16.3. The van der Waals surface area contributed by atoms with E-state index in [0.29, 0.717) is 28.6 Å². The molecular formula is C22H52N5+. The highest BCUT2D eigenvalue weighted by Crippen LogP contribution is 2.28. The van der Waals surface area contributed by atoms with Crippen molar-refractivity contribution in [2.45, 2.75) is 69.2 Å². The van der Waals surface area contributed by atoms with Gasteiger partial charge in [-0.3, -0.25) is 0 Å². The van der Waals surface area contributed by atoms with Crippen LogP contribution in [0.25, 0.3) is 0 Å². The first-order valence-electron chi connectivity index (χ1n) is 11.3. The van der Waals surface area contributed by atoms with Gasteiger partial charge >= 0.3 is 0 Å². The molecule has 0 heterocycles. The lowest BCUT2D eigenvalue weighted by Crippen LogP contribution is -2.81. The minimum absolute atomic E-state index is 0.622. The van der Waals surface area contributed by atoms with Crippen LogP contribution < -0.4 is 0 Å². The van der Waals surface area contributed by atoms with E-state index in [1.807, 2.05) is 0 Å². The van der Waals surface area contributed by atoms with Gasteiger partial charge in [-0.25, -0.2) is 0 Å². The standard InChI is InChI=1S/C22H52N5/c1-13-23(11)27(24(12)14-2,25(15-19(3)4)16-20(5)6)26(17-21(7)8)18-22(9)10/h19-22H,13-18H2,1-12H3/q+1. The number of hydrogen-bond acceptors (Lipinski definition) is 4. The van der Waals surface area contributed by atoms with Crippen molar-refractivity contribution < 1.29 is 4.92 Å². The summed E-state index contributed by atoms with van der Waals surface area (Å²) in [6.07, 6.45) is 0. The Labute approximate surface area is 171 Å². The van der Waals surface area contributed by atoms with Gasteiger partial charge in [0.25, 0.3) is 0 Å². The summed E-state index contributed by atoms with van der Waals surface area (Å²) in [5.74, 6) is 2.49. The van der Waals surface area contributed by atoms with Crippen LogP contribution in [0.2, 0.25) is 0 Å². The normalized spacial score (nSPS) is 13.8. The molecule has 0 bridgehead atoms. The monoisotopic (exact) mass is 386 g/mol. The highest BCUT2D eigenvalue weighted by Gasteiger charge is 2.50.